The van der Waals surface area contributed by atoms with E-state index in [0.29, 0.717) is 6.04 Å². The predicted octanol–water partition coefficient (Wildman–Crippen LogP) is 1.41. The second kappa shape index (κ2) is 2.16. The average Bonchev–Trinajstić information content (AvgIpc) is 2.12. The standard InChI is InChI=1S/C6H10BN/c1-6(2)8-5-3-4-7-8/h3-6H,1-2H3. The van der Waals surface area contributed by atoms with Gasteiger partial charge in [0.25, 0.3) is 0 Å². The van der Waals surface area contributed by atoms with Gasteiger partial charge in [-0.2, -0.15) is 0 Å². The summed E-state index contributed by atoms with van der Waals surface area (Å²) in [6, 6.07) is 2.64. The molecule has 2 heteroatoms. The summed E-state index contributed by atoms with van der Waals surface area (Å²) in [5, 5.41) is 0. The van der Waals surface area contributed by atoms with E-state index < -0.39 is 0 Å². The molecule has 1 rings (SSSR count). The summed E-state index contributed by atoms with van der Waals surface area (Å²) in [4.78, 5) is 0. The van der Waals surface area contributed by atoms with Crippen molar-refractivity contribution in [3.8, 4) is 0 Å². The number of nitrogens with zero attached hydrogens (tertiary/aromatic N) is 1. The van der Waals surface area contributed by atoms with E-state index in [1.807, 2.05) is 12.0 Å². The Labute approximate surface area is 50.6 Å². The molecule has 0 unspecified atom stereocenters. The van der Waals surface area contributed by atoms with Gasteiger partial charge in [0.15, 0.2) is 0 Å². The van der Waals surface area contributed by atoms with Crippen molar-refractivity contribution in [1.82, 2.24) is 4.47 Å². The van der Waals surface area contributed by atoms with Crippen LogP contribution in [0.1, 0.15) is 19.9 Å². The number of rotatable bonds is 1. The van der Waals surface area contributed by atoms with Gasteiger partial charge in [0.05, 0.1) is 0 Å². The third-order valence-electron chi connectivity index (χ3n) is 1.22. The Morgan fingerprint density at radius 2 is 2.25 bits per heavy atom. The summed E-state index contributed by atoms with van der Waals surface area (Å²) < 4.78 is 2.17. The van der Waals surface area contributed by atoms with Crippen molar-refractivity contribution in [1.29, 1.82) is 0 Å². The topological polar surface area (TPSA) is 4.93 Å². The van der Waals surface area contributed by atoms with Crippen LogP contribution in [-0.2, 0) is 0 Å². The Kier molecular flexibility index (Phi) is 1.52. The molecule has 0 aromatic carbocycles. The molecule has 8 heavy (non-hydrogen) atoms. The van der Waals surface area contributed by atoms with Crippen LogP contribution in [0.15, 0.2) is 18.2 Å². The van der Waals surface area contributed by atoms with E-state index in [0.717, 1.165) is 0 Å². The maximum atomic E-state index is 2.17. The van der Waals surface area contributed by atoms with Crippen molar-refractivity contribution in [2.45, 2.75) is 19.9 Å². The molecule has 0 aliphatic carbocycles. The molecule has 0 aliphatic heterocycles. The fourth-order valence-electron chi connectivity index (χ4n) is 0.692. The van der Waals surface area contributed by atoms with Crippen LogP contribution >= 0.6 is 0 Å². The van der Waals surface area contributed by atoms with E-state index in [4.69, 9.17) is 0 Å². The number of hydrogen-bond donors (Lipinski definition) is 0. The Bertz CT molecular complexity index is 144. The van der Waals surface area contributed by atoms with E-state index in [1.165, 1.54) is 0 Å². The van der Waals surface area contributed by atoms with Crippen molar-refractivity contribution in [3.63, 3.8) is 0 Å². The normalized spacial score (nSPS) is 9.88. The monoisotopic (exact) mass is 107 g/mol. The zero-order valence-corrected chi connectivity index (χ0v) is 5.33. The van der Waals surface area contributed by atoms with Gasteiger partial charge in [0, 0.05) is 0 Å². The van der Waals surface area contributed by atoms with Gasteiger partial charge in [0.2, 0.25) is 0 Å². The Morgan fingerprint density at radius 1 is 1.50 bits per heavy atom. The van der Waals surface area contributed by atoms with Gasteiger partial charge in [-0.1, -0.05) is 0 Å². The van der Waals surface area contributed by atoms with Crippen LogP contribution in [0.5, 0.6) is 0 Å². The molecule has 0 bridgehead atoms. The van der Waals surface area contributed by atoms with Crippen LogP contribution < -0.4 is 0 Å². The van der Waals surface area contributed by atoms with Crippen LogP contribution in [0.2, 0.25) is 0 Å². The minimum atomic E-state index is 0.602. The first-order chi connectivity index (χ1) is 3.80. The summed E-state index contributed by atoms with van der Waals surface area (Å²) in [5.74, 6) is 2.04. The molecule has 0 N–H and O–H groups in total. The third kappa shape index (κ3) is 0.999. The first-order valence-corrected chi connectivity index (χ1v) is 2.93. The molecule has 0 amide bonds. The fourth-order valence-corrected chi connectivity index (χ4v) is 0.692. The molecule has 0 atom stereocenters. The van der Waals surface area contributed by atoms with Crippen LogP contribution in [0, 0.1) is 0 Å². The molecule has 0 saturated carbocycles. The van der Waals surface area contributed by atoms with Crippen LogP contribution in [0.25, 0.3) is 0 Å². The van der Waals surface area contributed by atoms with Crippen LogP contribution in [-0.4, -0.2) is 11.5 Å². The minimum absolute atomic E-state index is 0.602. The zero-order chi connectivity index (χ0) is 5.98. The molecule has 0 aliphatic rings. The van der Waals surface area contributed by atoms with Crippen molar-refractivity contribution >= 4 is 7.05 Å². The summed E-state index contributed by atoms with van der Waals surface area (Å²) in [6.07, 6.45) is 2.07. The van der Waals surface area contributed by atoms with Gasteiger partial charge in [-0.15, -0.1) is 0 Å². The van der Waals surface area contributed by atoms with Gasteiger partial charge in [-0.3, -0.25) is 0 Å². The van der Waals surface area contributed by atoms with Crippen molar-refractivity contribution in [3.05, 3.63) is 18.2 Å². The second-order valence-corrected chi connectivity index (χ2v) is 2.22. The SMILES string of the molecule is CC(C)n1bccc1. The van der Waals surface area contributed by atoms with Gasteiger partial charge in [-0.05, 0) is 0 Å². The Balaban J connectivity index is 2.77. The zero-order valence-electron chi connectivity index (χ0n) is 5.33. The first-order valence-electron chi connectivity index (χ1n) is 2.93. The molecule has 0 radical (unpaired) electrons. The molecule has 1 nitrogen and oxygen atoms in total. The van der Waals surface area contributed by atoms with Crippen LogP contribution in [0.3, 0.4) is 0 Å². The van der Waals surface area contributed by atoms with E-state index in [2.05, 4.69) is 31.6 Å². The van der Waals surface area contributed by atoms with Gasteiger partial charge in [0.1, 0.15) is 0 Å². The summed E-state index contributed by atoms with van der Waals surface area (Å²) in [6.45, 7) is 4.33. The van der Waals surface area contributed by atoms with E-state index in [-0.39, 0.29) is 0 Å². The van der Waals surface area contributed by atoms with Crippen LogP contribution in [0.4, 0.5) is 0 Å². The maximum absolute atomic E-state index is 2.17. The first kappa shape index (κ1) is 5.61. The van der Waals surface area contributed by atoms with Gasteiger partial charge < -0.3 is 0 Å². The molecule has 0 saturated heterocycles. The molecule has 0 fully saturated rings. The van der Waals surface area contributed by atoms with Gasteiger partial charge in [-0.25, -0.2) is 0 Å². The predicted molar refractivity (Wildman–Crippen MR) is 36.2 cm³/mol. The van der Waals surface area contributed by atoms with Crippen molar-refractivity contribution in [2.24, 2.45) is 0 Å². The fraction of sp³-hybridized carbons (Fsp3) is 0.500. The quantitative estimate of drug-likeness (QED) is 0.511. The van der Waals surface area contributed by atoms with E-state index in [1.54, 1.807) is 0 Å². The molecule has 1 aromatic heterocycles. The Hall–Kier alpha value is -0.525. The summed E-state index contributed by atoms with van der Waals surface area (Å²) >= 11 is 0. The molecule has 1 heterocycles. The second-order valence-electron chi connectivity index (χ2n) is 2.22. The third-order valence-corrected chi connectivity index (χ3v) is 1.22. The summed E-state index contributed by atoms with van der Waals surface area (Å²) in [5.41, 5.74) is 0. The average molecular weight is 107 g/mol. The number of aromatic nitrogens is 1. The van der Waals surface area contributed by atoms with Gasteiger partial charge >= 0.3 is 49.6 Å². The molecule has 42 valence electrons. The summed E-state index contributed by atoms with van der Waals surface area (Å²) in [7, 11) is 2.07. The number of hydrogen-bond acceptors (Lipinski definition) is 0. The van der Waals surface area contributed by atoms with E-state index >= 15 is 0 Å². The molecular formula is C6H10BN. The van der Waals surface area contributed by atoms with Crippen molar-refractivity contribution in [2.75, 3.05) is 0 Å². The Morgan fingerprint density at radius 3 is 2.50 bits per heavy atom. The molecule has 1 aromatic rings. The molecular weight excluding hydrogens is 96.9 g/mol. The van der Waals surface area contributed by atoms with Crippen molar-refractivity contribution < 1.29 is 0 Å². The molecule has 0 spiro atoms. The van der Waals surface area contributed by atoms with E-state index in [9.17, 15) is 0 Å².